The van der Waals surface area contributed by atoms with Crippen LogP contribution in [0.25, 0.3) is 0 Å². The number of ketones is 2. The number of rotatable bonds is 12. The van der Waals surface area contributed by atoms with Crippen molar-refractivity contribution < 1.29 is 52.4 Å². The SMILES string of the molecule is CC[C@H]1OC(=O)[C@@](C)(F)C(=O)[C@H](C)[C@@H](O[C@@H]2O[C@H](C)C[C@H](N(C)C)[C@H]2O)[C@](C)(OC)C[C@@H](C)C(=O)[C@H](C)[C@H]2N(CCCCn3cc(CN4CCNCC4)nn3)C(=O)O[C@]12C. The van der Waals surface area contributed by atoms with Gasteiger partial charge in [-0.15, -0.1) is 5.10 Å². The van der Waals surface area contributed by atoms with Crippen molar-refractivity contribution in [2.45, 2.75) is 160 Å². The number of aromatic nitrogens is 3. The van der Waals surface area contributed by atoms with E-state index >= 15 is 4.39 Å². The molecule has 60 heavy (non-hydrogen) atoms. The largest absolute Gasteiger partial charge is 0.455 e. The fourth-order valence-corrected chi connectivity index (χ4v) is 9.89. The number of amides is 1. The summed E-state index contributed by atoms with van der Waals surface area (Å²) in [5, 5.41) is 23.4. The topological polar surface area (TPSA) is 187 Å². The van der Waals surface area contributed by atoms with E-state index in [1.165, 1.54) is 18.9 Å². The Kier molecular flexibility index (Phi) is 15.6. The van der Waals surface area contributed by atoms with Crippen LogP contribution in [0.2, 0.25) is 0 Å². The second-order valence-electron chi connectivity index (χ2n) is 18.3. The number of carbonyl (C=O) groups excluding carboxylic acids is 4. The first kappa shape index (κ1) is 47.9. The van der Waals surface area contributed by atoms with Gasteiger partial charge in [0.05, 0.1) is 29.5 Å². The number of hydrogen-bond donors (Lipinski definition) is 2. The van der Waals surface area contributed by atoms with Crippen molar-refractivity contribution in [3.63, 3.8) is 0 Å². The number of ether oxygens (including phenoxy) is 5. The lowest BCUT2D eigenvalue weighted by Crippen LogP contribution is -2.61. The quantitative estimate of drug-likeness (QED) is 0.178. The molecule has 1 amide bonds. The maximum atomic E-state index is 16.9. The number of esters is 1. The minimum atomic E-state index is -3.17. The molecule has 0 unspecified atom stereocenters. The van der Waals surface area contributed by atoms with Crippen molar-refractivity contribution in [1.82, 2.24) is 35.0 Å². The standard InChI is InChI=1S/C42H70FN7O10/c1-12-31-42(8)34(50(39(55)60-42)18-14-13-17-49-24-29(45-46-49)23-48-19-15-44-16-20-48)27(4)32(51)25(2)22-40(6,56-11)36(28(5)35(53)41(7,43)38(54)58-31)59-37-33(52)30(47(9)10)21-26(3)57-37/h24-28,30-31,33-34,36-37,44,52H,12-23H2,1-11H3/t25-,26-,27+,28+,30+,31-,33-,34-,36-,37+,40-,41+,42-/m1/s1. The lowest BCUT2D eigenvalue weighted by Gasteiger charge is -2.47. The second-order valence-corrected chi connectivity index (χ2v) is 18.3. The highest BCUT2D eigenvalue weighted by molar-refractivity contribution is 6.08. The number of aliphatic hydroxyl groups is 1. The number of Topliss-reactive ketones (excluding diaryl/α,β-unsaturated/α-hetero) is 2. The molecule has 0 bridgehead atoms. The Morgan fingerprint density at radius 2 is 1.70 bits per heavy atom. The van der Waals surface area contributed by atoms with Gasteiger partial charge in [0.2, 0.25) is 0 Å². The third kappa shape index (κ3) is 10.1. The highest BCUT2D eigenvalue weighted by atomic mass is 19.1. The first-order chi connectivity index (χ1) is 28.2. The van der Waals surface area contributed by atoms with Gasteiger partial charge in [-0.2, -0.15) is 0 Å². The van der Waals surface area contributed by atoms with E-state index in [-0.39, 0.29) is 37.3 Å². The van der Waals surface area contributed by atoms with E-state index in [2.05, 4.69) is 20.5 Å². The number of alkyl halides is 1. The number of aliphatic hydroxyl groups excluding tert-OH is 1. The van der Waals surface area contributed by atoms with E-state index in [0.29, 0.717) is 25.8 Å². The van der Waals surface area contributed by atoms with E-state index in [4.69, 9.17) is 23.7 Å². The molecule has 4 aliphatic heterocycles. The Hall–Kier alpha value is -3.13. The predicted molar refractivity (Wildman–Crippen MR) is 217 cm³/mol. The minimum Gasteiger partial charge on any atom is -0.455 e. The van der Waals surface area contributed by atoms with Crippen LogP contribution in [0.3, 0.4) is 0 Å². The first-order valence-electron chi connectivity index (χ1n) is 21.7. The van der Waals surface area contributed by atoms with Gasteiger partial charge < -0.3 is 43.9 Å². The number of nitrogens with one attached hydrogen (secondary N) is 1. The zero-order valence-corrected chi connectivity index (χ0v) is 37.5. The molecule has 0 radical (unpaired) electrons. The Morgan fingerprint density at radius 1 is 1.03 bits per heavy atom. The van der Waals surface area contributed by atoms with E-state index in [1.807, 2.05) is 32.1 Å². The first-order valence-corrected chi connectivity index (χ1v) is 21.7. The average Bonchev–Trinajstić information content (AvgIpc) is 3.76. The Morgan fingerprint density at radius 3 is 2.33 bits per heavy atom. The van der Waals surface area contributed by atoms with E-state index in [1.54, 1.807) is 39.3 Å². The molecule has 0 aromatic carbocycles. The van der Waals surface area contributed by atoms with E-state index < -0.39 is 83.1 Å². The molecule has 2 N–H and O–H groups in total. The number of carbonyl (C=O) groups is 4. The molecule has 4 fully saturated rings. The van der Waals surface area contributed by atoms with Gasteiger partial charge in [0.15, 0.2) is 17.7 Å². The molecular formula is C42H70FN7O10. The van der Waals surface area contributed by atoms with Gasteiger partial charge in [0.1, 0.15) is 18.0 Å². The number of piperazine rings is 1. The van der Waals surface area contributed by atoms with Crippen LogP contribution in [0.1, 0.15) is 93.2 Å². The summed E-state index contributed by atoms with van der Waals surface area (Å²) in [4.78, 5) is 62.5. The van der Waals surface area contributed by atoms with Gasteiger partial charge in [0.25, 0.3) is 5.67 Å². The molecule has 18 heteroatoms. The maximum absolute atomic E-state index is 16.9. The van der Waals surface area contributed by atoms with Crippen LogP contribution >= 0.6 is 0 Å². The average molecular weight is 852 g/mol. The van der Waals surface area contributed by atoms with Gasteiger partial charge in [0, 0.05) is 82.9 Å². The summed E-state index contributed by atoms with van der Waals surface area (Å²) in [5.74, 6) is -5.77. The minimum absolute atomic E-state index is 0.00186. The molecule has 1 aromatic rings. The van der Waals surface area contributed by atoms with Gasteiger partial charge in [-0.25, -0.2) is 14.0 Å². The number of nitrogens with zero attached hydrogens (tertiary/aromatic N) is 6. The summed E-state index contributed by atoms with van der Waals surface area (Å²) in [7, 11) is 5.06. The normalized spacial score (nSPS) is 39.1. The predicted octanol–water partition coefficient (Wildman–Crippen LogP) is 2.76. The number of aryl methyl sites for hydroxylation is 1. The number of cyclic esters (lactones) is 1. The zero-order chi connectivity index (χ0) is 44.3. The van der Waals surface area contributed by atoms with Crippen LogP contribution in [-0.4, -0.2) is 172 Å². The summed E-state index contributed by atoms with van der Waals surface area (Å²) < 4.78 is 49.3. The summed E-state index contributed by atoms with van der Waals surface area (Å²) in [6.45, 7) is 17.8. The van der Waals surface area contributed by atoms with Crippen molar-refractivity contribution in [2.75, 3.05) is 53.9 Å². The molecule has 5 rings (SSSR count). The third-order valence-corrected chi connectivity index (χ3v) is 13.4. The summed E-state index contributed by atoms with van der Waals surface area (Å²) in [5.41, 5.74) is -5.33. The van der Waals surface area contributed by atoms with Crippen molar-refractivity contribution in [1.29, 1.82) is 0 Å². The highest BCUT2D eigenvalue weighted by Gasteiger charge is 2.61. The van der Waals surface area contributed by atoms with Crippen LogP contribution in [0.5, 0.6) is 0 Å². The van der Waals surface area contributed by atoms with Gasteiger partial charge in [-0.3, -0.25) is 19.2 Å². The number of likely N-dealkylation sites (N-methyl/N-ethyl adjacent to an activating group) is 1. The molecule has 0 aliphatic carbocycles. The smallest absolute Gasteiger partial charge is 0.410 e. The van der Waals surface area contributed by atoms with Crippen LogP contribution < -0.4 is 5.32 Å². The Labute approximate surface area is 354 Å². The Balaban J connectivity index is 1.42. The molecule has 17 nitrogen and oxygen atoms in total. The summed E-state index contributed by atoms with van der Waals surface area (Å²) >= 11 is 0. The molecule has 13 atom stereocenters. The monoisotopic (exact) mass is 852 g/mol. The fourth-order valence-electron chi connectivity index (χ4n) is 9.89. The molecule has 1 aromatic heterocycles. The van der Waals surface area contributed by atoms with Gasteiger partial charge >= 0.3 is 12.1 Å². The number of fused-ring (bicyclic) bond motifs is 1. The van der Waals surface area contributed by atoms with Crippen molar-refractivity contribution in [3.05, 3.63) is 11.9 Å². The van der Waals surface area contributed by atoms with Crippen molar-refractivity contribution in [3.8, 4) is 0 Å². The molecule has 0 saturated carbocycles. The van der Waals surface area contributed by atoms with E-state index in [9.17, 15) is 24.3 Å². The van der Waals surface area contributed by atoms with Crippen molar-refractivity contribution in [2.24, 2.45) is 17.8 Å². The zero-order valence-electron chi connectivity index (χ0n) is 37.5. The molecule has 5 heterocycles. The molecular weight excluding hydrogens is 781 g/mol. The lowest BCUT2D eigenvalue weighted by atomic mass is 9.73. The van der Waals surface area contributed by atoms with Crippen LogP contribution in [0, 0.1) is 17.8 Å². The second kappa shape index (κ2) is 19.5. The van der Waals surface area contributed by atoms with Crippen LogP contribution in [-0.2, 0) is 51.2 Å². The van der Waals surface area contributed by atoms with Crippen molar-refractivity contribution >= 4 is 23.6 Å². The van der Waals surface area contributed by atoms with E-state index in [0.717, 1.165) is 45.3 Å². The number of halogens is 1. The summed E-state index contributed by atoms with van der Waals surface area (Å²) in [6, 6.07) is -1.28. The molecule has 0 spiro atoms. The van der Waals surface area contributed by atoms with Gasteiger partial charge in [-0.1, -0.05) is 32.9 Å². The highest BCUT2D eigenvalue weighted by Crippen LogP contribution is 2.43. The number of methoxy groups -OCH3 is 1. The van der Waals surface area contributed by atoms with Crippen LogP contribution in [0.15, 0.2) is 6.20 Å². The lowest BCUT2D eigenvalue weighted by molar-refractivity contribution is -0.295. The fraction of sp³-hybridized carbons (Fsp3) is 0.857. The van der Waals surface area contributed by atoms with Crippen LogP contribution in [0.4, 0.5) is 9.18 Å². The molecule has 340 valence electrons. The molecule has 4 aliphatic rings. The van der Waals surface area contributed by atoms with Gasteiger partial charge in [-0.05, 0) is 73.9 Å². The number of unbranched alkanes of at least 4 members (excludes halogenated alkanes) is 1. The number of hydrogen-bond acceptors (Lipinski definition) is 15. The maximum Gasteiger partial charge on any atom is 0.410 e. The third-order valence-electron chi connectivity index (χ3n) is 13.4. The molecule has 4 saturated heterocycles. The Bertz CT molecular complexity index is 1660. The summed E-state index contributed by atoms with van der Waals surface area (Å²) in [6.07, 6.45) is -2.25.